The van der Waals surface area contributed by atoms with Crippen LogP contribution in [0.25, 0.3) is 6.08 Å². The molecule has 4 heteroatoms. The van der Waals surface area contributed by atoms with E-state index >= 15 is 0 Å². The van der Waals surface area contributed by atoms with Crippen molar-refractivity contribution in [2.45, 2.75) is 6.54 Å². The smallest absolute Gasteiger partial charge is 0.246 e. The third-order valence-corrected chi connectivity index (χ3v) is 3.48. The van der Waals surface area contributed by atoms with Gasteiger partial charge in [-0.3, -0.25) is 4.79 Å². The lowest BCUT2D eigenvalue weighted by Gasteiger charge is -2.15. The summed E-state index contributed by atoms with van der Waals surface area (Å²) in [5.41, 5.74) is 1.89. The molecule has 0 saturated carbocycles. The van der Waals surface area contributed by atoms with Gasteiger partial charge in [0, 0.05) is 25.2 Å². The van der Waals surface area contributed by atoms with E-state index in [0.717, 1.165) is 16.9 Å². The Kier molecular flexibility index (Phi) is 5.80. The van der Waals surface area contributed by atoms with E-state index in [1.54, 1.807) is 38.3 Å². The van der Waals surface area contributed by atoms with E-state index in [1.807, 2.05) is 48.5 Å². The molecule has 120 valence electrons. The second kappa shape index (κ2) is 8.03. The Hall–Kier alpha value is -2.75. The van der Waals surface area contributed by atoms with Gasteiger partial charge in [0.25, 0.3) is 0 Å². The Morgan fingerprint density at radius 2 is 1.83 bits per heavy atom. The lowest BCUT2D eigenvalue weighted by Crippen LogP contribution is -2.24. The van der Waals surface area contributed by atoms with Crippen LogP contribution >= 0.6 is 0 Å². The maximum absolute atomic E-state index is 12.2. The van der Waals surface area contributed by atoms with E-state index in [4.69, 9.17) is 9.47 Å². The van der Waals surface area contributed by atoms with E-state index in [2.05, 4.69) is 0 Å². The lowest BCUT2D eigenvalue weighted by molar-refractivity contribution is -0.125. The largest absolute Gasteiger partial charge is 0.497 e. The van der Waals surface area contributed by atoms with Crippen LogP contribution < -0.4 is 9.47 Å². The fourth-order valence-corrected chi connectivity index (χ4v) is 2.19. The number of hydrogen-bond acceptors (Lipinski definition) is 3. The van der Waals surface area contributed by atoms with Gasteiger partial charge >= 0.3 is 0 Å². The van der Waals surface area contributed by atoms with Crippen LogP contribution in [0.1, 0.15) is 11.1 Å². The van der Waals surface area contributed by atoms with Crippen molar-refractivity contribution < 1.29 is 14.3 Å². The topological polar surface area (TPSA) is 38.8 Å². The quantitative estimate of drug-likeness (QED) is 0.768. The summed E-state index contributed by atoms with van der Waals surface area (Å²) >= 11 is 0. The second-order valence-corrected chi connectivity index (χ2v) is 5.12. The van der Waals surface area contributed by atoms with Crippen molar-refractivity contribution in [3.63, 3.8) is 0 Å². The molecule has 0 saturated heterocycles. The summed E-state index contributed by atoms with van der Waals surface area (Å²) in [6, 6.07) is 15.3. The second-order valence-electron chi connectivity index (χ2n) is 5.12. The van der Waals surface area contributed by atoms with Crippen molar-refractivity contribution in [2.75, 3.05) is 21.3 Å². The van der Waals surface area contributed by atoms with Crippen molar-refractivity contribution in [3.8, 4) is 11.5 Å². The molecule has 0 unspecified atom stereocenters. The van der Waals surface area contributed by atoms with Crippen molar-refractivity contribution in [1.29, 1.82) is 0 Å². The SMILES string of the molecule is COc1ccc(OC)c(C=CC(=O)N(C)Cc2ccccc2)c1. The molecule has 0 spiro atoms. The molecule has 0 aliphatic heterocycles. The van der Waals surface area contributed by atoms with Crippen molar-refractivity contribution >= 4 is 12.0 Å². The first-order valence-electron chi connectivity index (χ1n) is 7.33. The van der Waals surface area contributed by atoms with Gasteiger partial charge in [0.1, 0.15) is 11.5 Å². The summed E-state index contributed by atoms with van der Waals surface area (Å²) in [6.45, 7) is 0.569. The number of amides is 1. The van der Waals surface area contributed by atoms with E-state index in [9.17, 15) is 4.79 Å². The number of methoxy groups -OCH3 is 2. The molecule has 2 aromatic carbocycles. The molecule has 0 fully saturated rings. The van der Waals surface area contributed by atoms with Crippen LogP contribution in [0.5, 0.6) is 11.5 Å². The van der Waals surface area contributed by atoms with E-state index in [0.29, 0.717) is 12.3 Å². The molecule has 23 heavy (non-hydrogen) atoms. The predicted octanol–water partition coefficient (Wildman–Crippen LogP) is 3.38. The standard InChI is InChI=1S/C19H21NO3/c1-20(14-15-7-5-4-6-8-15)19(21)12-9-16-13-17(22-2)10-11-18(16)23-3/h4-13H,14H2,1-3H3. The minimum Gasteiger partial charge on any atom is -0.497 e. The highest BCUT2D eigenvalue weighted by atomic mass is 16.5. The Morgan fingerprint density at radius 3 is 2.48 bits per heavy atom. The molecular formula is C19H21NO3. The summed E-state index contributed by atoms with van der Waals surface area (Å²) in [4.78, 5) is 13.9. The summed E-state index contributed by atoms with van der Waals surface area (Å²) < 4.78 is 10.5. The average Bonchev–Trinajstić information content (AvgIpc) is 2.60. The molecule has 2 rings (SSSR count). The zero-order valence-corrected chi connectivity index (χ0v) is 13.7. The summed E-state index contributed by atoms with van der Waals surface area (Å²) in [7, 11) is 4.99. The number of ether oxygens (including phenoxy) is 2. The number of benzene rings is 2. The molecule has 4 nitrogen and oxygen atoms in total. The number of nitrogens with zero attached hydrogens (tertiary/aromatic N) is 1. The van der Waals surface area contributed by atoms with Crippen LogP contribution in [0, 0.1) is 0 Å². The Balaban J connectivity index is 2.08. The van der Waals surface area contributed by atoms with Crippen LogP contribution in [-0.2, 0) is 11.3 Å². The third-order valence-electron chi connectivity index (χ3n) is 3.48. The minimum atomic E-state index is -0.0706. The van der Waals surface area contributed by atoms with Crippen molar-refractivity contribution in [3.05, 3.63) is 65.7 Å². The molecule has 0 atom stereocenters. The average molecular weight is 311 g/mol. The van der Waals surface area contributed by atoms with Crippen LogP contribution in [0.3, 0.4) is 0 Å². The summed E-state index contributed by atoms with van der Waals surface area (Å²) in [5.74, 6) is 1.34. The zero-order chi connectivity index (χ0) is 16.7. The normalized spacial score (nSPS) is 10.6. The zero-order valence-electron chi connectivity index (χ0n) is 13.7. The highest BCUT2D eigenvalue weighted by molar-refractivity contribution is 5.92. The number of hydrogen-bond donors (Lipinski definition) is 0. The molecule has 0 aliphatic carbocycles. The predicted molar refractivity (Wildman–Crippen MR) is 91.5 cm³/mol. The van der Waals surface area contributed by atoms with Crippen LogP contribution in [-0.4, -0.2) is 32.1 Å². The maximum Gasteiger partial charge on any atom is 0.246 e. The van der Waals surface area contributed by atoms with Gasteiger partial charge in [-0.15, -0.1) is 0 Å². The highest BCUT2D eigenvalue weighted by Crippen LogP contribution is 2.25. The molecule has 0 radical (unpaired) electrons. The monoisotopic (exact) mass is 311 g/mol. The molecule has 0 heterocycles. The van der Waals surface area contributed by atoms with Crippen LogP contribution in [0.2, 0.25) is 0 Å². The number of carbonyl (C=O) groups is 1. The van der Waals surface area contributed by atoms with E-state index < -0.39 is 0 Å². The van der Waals surface area contributed by atoms with Gasteiger partial charge in [0.2, 0.25) is 5.91 Å². The first-order valence-corrected chi connectivity index (χ1v) is 7.33. The first-order chi connectivity index (χ1) is 11.1. The van der Waals surface area contributed by atoms with Gasteiger partial charge in [-0.25, -0.2) is 0 Å². The Bertz CT molecular complexity index is 680. The molecule has 0 bridgehead atoms. The van der Waals surface area contributed by atoms with Crippen molar-refractivity contribution in [2.24, 2.45) is 0 Å². The van der Waals surface area contributed by atoms with Gasteiger partial charge in [-0.05, 0) is 29.8 Å². The number of rotatable bonds is 6. The van der Waals surface area contributed by atoms with Gasteiger partial charge in [0.15, 0.2) is 0 Å². The van der Waals surface area contributed by atoms with Gasteiger partial charge in [-0.2, -0.15) is 0 Å². The van der Waals surface area contributed by atoms with Crippen molar-refractivity contribution in [1.82, 2.24) is 4.90 Å². The number of carbonyl (C=O) groups excluding carboxylic acids is 1. The minimum absolute atomic E-state index is 0.0706. The van der Waals surface area contributed by atoms with Crippen LogP contribution in [0.15, 0.2) is 54.6 Å². The van der Waals surface area contributed by atoms with Gasteiger partial charge in [0.05, 0.1) is 14.2 Å². The third kappa shape index (κ3) is 4.61. The molecular weight excluding hydrogens is 290 g/mol. The lowest BCUT2D eigenvalue weighted by atomic mass is 10.1. The highest BCUT2D eigenvalue weighted by Gasteiger charge is 2.07. The summed E-state index contributed by atoms with van der Waals surface area (Å²) in [5, 5.41) is 0. The fourth-order valence-electron chi connectivity index (χ4n) is 2.19. The molecule has 0 aliphatic rings. The Labute approximate surface area is 137 Å². The number of likely N-dealkylation sites (N-methyl/N-ethyl adjacent to an activating group) is 1. The van der Waals surface area contributed by atoms with Gasteiger partial charge < -0.3 is 14.4 Å². The first kappa shape index (κ1) is 16.6. The van der Waals surface area contributed by atoms with Gasteiger partial charge in [-0.1, -0.05) is 30.3 Å². The molecule has 1 amide bonds. The fraction of sp³-hybridized carbons (Fsp3) is 0.211. The maximum atomic E-state index is 12.2. The van der Waals surface area contributed by atoms with E-state index in [-0.39, 0.29) is 5.91 Å². The molecule has 2 aromatic rings. The molecule has 0 aromatic heterocycles. The Morgan fingerprint density at radius 1 is 1.09 bits per heavy atom. The van der Waals surface area contributed by atoms with E-state index in [1.165, 1.54) is 0 Å². The van der Waals surface area contributed by atoms with Crippen LogP contribution in [0.4, 0.5) is 0 Å². The molecule has 0 N–H and O–H groups in total. The summed E-state index contributed by atoms with van der Waals surface area (Å²) in [6.07, 6.45) is 3.28.